The minimum atomic E-state index is -1.17. The molecule has 2 aromatic carbocycles. The van der Waals surface area contributed by atoms with Crippen LogP contribution in [0, 0.1) is 5.92 Å². The molecule has 0 aliphatic heterocycles. The largest absolute Gasteiger partial charge is 0.370 e. The third-order valence-corrected chi connectivity index (χ3v) is 8.48. The molecule has 2 aromatic heterocycles. The van der Waals surface area contributed by atoms with E-state index in [9.17, 15) is 28.8 Å². The smallest absolute Gasteiger partial charge is 0.248 e. The van der Waals surface area contributed by atoms with Crippen LogP contribution < -0.4 is 33.2 Å². The van der Waals surface area contributed by atoms with Crippen molar-refractivity contribution >= 4 is 46.7 Å². The minimum Gasteiger partial charge on any atom is -0.370 e. The first-order chi connectivity index (χ1) is 24.9. The van der Waals surface area contributed by atoms with E-state index in [1.165, 1.54) is 10.8 Å². The molecule has 4 amide bonds. The Morgan fingerprint density at radius 1 is 0.769 bits per heavy atom. The summed E-state index contributed by atoms with van der Waals surface area (Å²) in [6.45, 7) is 3.86. The molecular formula is C38H46N8O6. The van der Waals surface area contributed by atoms with Crippen LogP contribution in [0.5, 0.6) is 0 Å². The Morgan fingerprint density at radius 3 is 2.02 bits per heavy atom. The van der Waals surface area contributed by atoms with Crippen LogP contribution in [-0.4, -0.2) is 75.6 Å². The van der Waals surface area contributed by atoms with Gasteiger partial charge in [-0.3, -0.25) is 33.5 Å². The van der Waals surface area contributed by atoms with Gasteiger partial charge in [-0.05, 0) is 47.6 Å². The summed E-state index contributed by atoms with van der Waals surface area (Å²) in [6, 6.07) is 14.2. The van der Waals surface area contributed by atoms with Crippen molar-refractivity contribution in [3.63, 3.8) is 0 Å². The zero-order chi connectivity index (χ0) is 37.8. The highest BCUT2D eigenvalue weighted by atomic mass is 16.2. The number of carbonyl (C=O) groups excluding carboxylic acids is 6. The number of aldehydes is 1. The molecule has 0 unspecified atom stereocenters. The van der Waals surface area contributed by atoms with E-state index in [-0.39, 0.29) is 31.6 Å². The van der Waals surface area contributed by atoms with E-state index < -0.39 is 59.7 Å². The normalized spacial score (nSPS) is 14.1. The summed E-state index contributed by atoms with van der Waals surface area (Å²) in [5.74, 6) is -2.97. The maximum atomic E-state index is 14.0. The van der Waals surface area contributed by atoms with E-state index in [1.54, 1.807) is 60.9 Å². The fourth-order valence-electron chi connectivity index (χ4n) is 5.92. The monoisotopic (exact) mass is 710 g/mol. The highest BCUT2D eigenvalue weighted by molar-refractivity contribution is 5.99. The number of nitrogens with one attached hydrogen (secondary N) is 3. The molecule has 14 heteroatoms. The molecule has 0 bridgehead atoms. The van der Waals surface area contributed by atoms with Gasteiger partial charge in [0.2, 0.25) is 29.5 Å². The summed E-state index contributed by atoms with van der Waals surface area (Å²) in [7, 11) is 0. The lowest BCUT2D eigenvalue weighted by Gasteiger charge is -2.25. The van der Waals surface area contributed by atoms with E-state index in [2.05, 4.69) is 20.9 Å². The zero-order valence-corrected chi connectivity index (χ0v) is 29.2. The number of fused-ring (bicyclic) bond motifs is 1. The van der Waals surface area contributed by atoms with Gasteiger partial charge in [-0.25, -0.2) is 0 Å². The first kappa shape index (κ1) is 39.1. The fraction of sp³-hybridized carbons (Fsp3) is 0.342. The molecule has 5 atom stereocenters. The summed E-state index contributed by atoms with van der Waals surface area (Å²) in [4.78, 5) is 81.6. The van der Waals surface area contributed by atoms with E-state index in [1.807, 2.05) is 32.0 Å². The van der Waals surface area contributed by atoms with E-state index in [0.717, 1.165) is 5.56 Å². The lowest BCUT2D eigenvalue weighted by molar-refractivity contribution is -0.133. The number of nitrogens with two attached hydrogens (primary N) is 3. The van der Waals surface area contributed by atoms with Crippen molar-refractivity contribution in [3.05, 3.63) is 102 Å². The third kappa shape index (κ3) is 10.9. The summed E-state index contributed by atoms with van der Waals surface area (Å²) < 4.78 is 1.32. The molecular weight excluding hydrogens is 664 g/mol. The second-order valence-electron chi connectivity index (χ2n) is 13.2. The topological polar surface area (TPSA) is 234 Å². The van der Waals surface area contributed by atoms with Crippen molar-refractivity contribution in [2.24, 2.45) is 23.1 Å². The average molecular weight is 711 g/mol. The fourth-order valence-corrected chi connectivity index (χ4v) is 5.92. The molecule has 0 saturated carbocycles. The number of pyridine rings is 1. The lowest BCUT2D eigenvalue weighted by atomic mass is 10.0. The van der Waals surface area contributed by atoms with Crippen LogP contribution >= 0.6 is 0 Å². The molecule has 14 nitrogen and oxygen atoms in total. The van der Waals surface area contributed by atoms with E-state index >= 15 is 0 Å². The number of para-hydroxylation sites is 1. The van der Waals surface area contributed by atoms with Crippen LogP contribution in [0.15, 0.2) is 85.3 Å². The Morgan fingerprint density at radius 2 is 1.38 bits per heavy atom. The molecule has 0 saturated heterocycles. The van der Waals surface area contributed by atoms with Gasteiger partial charge in [0.05, 0.1) is 30.1 Å². The number of benzene rings is 2. The second-order valence-corrected chi connectivity index (χ2v) is 13.2. The number of rotatable bonds is 18. The predicted octanol–water partition coefficient (Wildman–Crippen LogP) is 0.934. The van der Waals surface area contributed by atoms with Gasteiger partial charge in [0.25, 0.3) is 0 Å². The van der Waals surface area contributed by atoms with Gasteiger partial charge in [0.1, 0.15) is 18.4 Å². The van der Waals surface area contributed by atoms with Crippen LogP contribution in [0.3, 0.4) is 0 Å². The lowest BCUT2D eigenvalue weighted by Crippen LogP contribution is -2.58. The first-order valence-corrected chi connectivity index (χ1v) is 17.1. The Balaban J connectivity index is 1.56. The summed E-state index contributed by atoms with van der Waals surface area (Å²) >= 11 is 0. The maximum absolute atomic E-state index is 14.0. The second kappa shape index (κ2) is 18.5. The van der Waals surface area contributed by atoms with Gasteiger partial charge >= 0.3 is 0 Å². The molecule has 52 heavy (non-hydrogen) atoms. The van der Waals surface area contributed by atoms with Gasteiger partial charge < -0.3 is 37.9 Å². The molecule has 4 rings (SSSR count). The Labute approximate surface area is 301 Å². The molecule has 0 aliphatic rings. The highest BCUT2D eigenvalue weighted by Gasteiger charge is 2.30. The van der Waals surface area contributed by atoms with Gasteiger partial charge in [0, 0.05) is 36.8 Å². The average Bonchev–Trinajstić information content (AvgIpc) is 3.48. The molecule has 0 aliphatic carbocycles. The van der Waals surface area contributed by atoms with Gasteiger partial charge in [-0.15, -0.1) is 0 Å². The van der Waals surface area contributed by atoms with Crippen LogP contribution in [0.25, 0.3) is 10.9 Å². The predicted molar refractivity (Wildman–Crippen MR) is 195 cm³/mol. The molecule has 0 spiro atoms. The van der Waals surface area contributed by atoms with Crippen molar-refractivity contribution in [2.45, 2.75) is 76.2 Å². The number of amides is 4. The Hall–Kier alpha value is -5.73. The maximum Gasteiger partial charge on any atom is 0.248 e. The van der Waals surface area contributed by atoms with Gasteiger partial charge in [0.15, 0.2) is 0 Å². The first-order valence-electron chi connectivity index (χ1n) is 17.1. The number of hydrogen-bond donors (Lipinski definition) is 6. The van der Waals surface area contributed by atoms with Crippen molar-refractivity contribution in [1.29, 1.82) is 0 Å². The number of nitrogens with zero attached hydrogens (tertiary/aromatic N) is 2. The van der Waals surface area contributed by atoms with Crippen LogP contribution in [0.1, 0.15) is 48.2 Å². The standard InChI is InChI=1S/C38H46N8O6/c1-23(2)15-27(22-47)43-36(50)32(17-25-11-8-14-42-20-25)45-37(51)31(16-24-9-4-3-5-10-24)44-35(49)29(39)18-26-21-46(33-13-7-6-12-28(26)33)38(52)30(40)19-34(41)48/h3-14,20-23,27,29-32H,15-19,39-40H2,1-2H3,(H2,41,48)(H,43,50)(H,44,49)(H,45,51)/t27-,29+,30-,31-,32+/m0/s1. The summed E-state index contributed by atoms with van der Waals surface area (Å²) in [5.41, 5.74) is 20.1. The number of primary amides is 1. The third-order valence-electron chi connectivity index (χ3n) is 8.48. The minimum absolute atomic E-state index is 0.00761. The van der Waals surface area contributed by atoms with Crippen molar-refractivity contribution in [2.75, 3.05) is 0 Å². The number of carbonyl (C=O) groups is 6. The number of hydrogen-bond acceptors (Lipinski definition) is 9. The highest BCUT2D eigenvalue weighted by Crippen LogP contribution is 2.23. The molecule has 2 heterocycles. The molecule has 0 fully saturated rings. The Bertz CT molecular complexity index is 1860. The summed E-state index contributed by atoms with van der Waals surface area (Å²) in [6.07, 6.45) is 5.60. The van der Waals surface area contributed by atoms with Gasteiger partial charge in [-0.1, -0.05) is 68.4 Å². The van der Waals surface area contributed by atoms with Crippen LogP contribution in [0.2, 0.25) is 0 Å². The summed E-state index contributed by atoms with van der Waals surface area (Å²) in [5, 5.41) is 8.94. The van der Waals surface area contributed by atoms with Gasteiger partial charge in [-0.2, -0.15) is 0 Å². The quantitative estimate of drug-likeness (QED) is 0.0805. The van der Waals surface area contributed by atoms with Crippen molar-refractivity contribution in [3.8, 4) is 0 Å². The Kier molecular flexibility index (Phi) is 13.9. The van der Waals surface area contributed by atoms with Crippen LogP contribution in [0.4, 0.5) is 0 Å². The van der Waals surface area contributed by atoms with E-state index in [4.69, 9.17) is 17.2 Å². The van der Waals surface area contributed by atoms with Crippen LogP contribution in [-0.2, 0) is 43.2 Å². The molecule has 4 aromatic rings. The molecule has 9 N–H and O–H groups in total. The van der Waals surface area contributed by atoms with E-state index in [0.29, 0.717) is 34.7 Å². The number of aromatic nitrogens is 2. The molecule has 274 valence electrons. The zero-order valence-electron chi connectivity index (χ0n) is 29.2. The molecule has 0 radical (unpaired) electrons. The SMILES string of the molecule is CC(C)C[C@@H](C=O)NC(=O)[C@@H](Cc1cccnc1)NC(=O)[C@H](Cc1ccccc1)NC(=O)[C@H](N)Cc1cn(C(=O)[C@@H](N)CC(N)=O)c2ccccc12. The van der Waals surface area contributed by atoms with Crippen molar-refractivity contribution < 1.29 is 28.8 Å². The van der Waals surface area contributed by atoms with Crippen molar-refractivity contribution in [1.82, 2.24) is 25.5 Å².